The second-order valence-corrected chi connectivity index (χ2v) is 7.03. The maximum absolute atomic E-state index is 12.0. The van der Waals surface area contributed by atoms with Crippen LogP contribution in [0.15, 0.2) is 17.3 Å². The van der Waals surface area contributed by atoms with Gasteiger partial charge in [-0.25, -0.2) is 13.1 Å². The van der Waals surface area contributed by atoms with E-state index < -0.39 is 10.0 Å². The first kappa shape index (κ1) is 18.1. The normalized spacial score (nSPS) is 12.2. The zero-order valence-corrected chi connectivity index (χ0v) is 13.8. The first-order chi connectivity index (χ1) is 9.95. The Morgan fingerprint density at radius 2 is 2.14 bits per heavy atom. The molecule has 1 heterocycles. The summed E-state index contributed by atoms with van der Waals surface area (Å²) in [7, 11) is -1.64. The molecule has 2 N–H and O–H groups in total. The zero-order valence-electron chi connectivity index (χ0n) is 13.0. The molecule has 0 fully saturated rings. The molecule has 0 aromatic carbocycles. The highest BCUT2D eigenvalue weighted by Crippen LogP contribution is 2.06. The van der Waals surface area contributed by atoms with Crippen LogP contribution < -0.4 is 10.0 Å². The first-order valence-electron chi connectivity index (χ1n) is 7.20. The fraction of sp³-hybridized carbons (Fsp3) is 0.769. The second-order valence-electron chi connectivity index (χ2n) is 5.26. The molecular formula is C13H26N4O3S. The van der Waals surface area contributed by atoms with Crippen LogP contribution in [0.3, 0.4) is 0 Å². The third-order valence-corrected chi connectivity index (χ3v) is 4.14. The number of likely N-dealkylation sites (N-methyl/N-ethyl adjacent to an activating group) is 1. The number of nitrogens with zero attached hydrogens (tertiary/aromatic N) is 2. The monoisotopic (exact) mass is 318 g/mol. The molecule has 1 rings (SSSR count). The molecule has 122 valence electrons. The zero-order chi connectivity index (χ0) is 15.7. The van der Waals surface area contributed by atoms with Gasteiger partial charge in [-0.15, -0.1) is 0 Å². The summed E-state index contributed by atoms with van der Waals surface area (Å²) in [5.74, 6) is 0.491. The van der Waals surface area contributed by atoms with E-state index in [1.165, 1.54) is 12.4 Å². The van der Waals surface area contributed by atoms with Gasteiger partial charge in [0.25, 0.3) is 0 Å². The van der Waals surface area contributed by atoms with E-state index in [4.69, 9.17) is 4.74 Å². The van der Waals surface area contributed by atoms with Crippen molar-refractivity contribution < 1.29 is 13.2 Å². The van der Waals surface area contributed by atoms with Crippen LogP contribution in [0.25, 0.3) is 0 Å². The number of hydrogen-bond donors (Lipinski definition) is 2. The van der Waals surface area contributed by atoms with Crippen molar-refractivity contribution >= 4 is 10.0 Å². The molecule has 0 saturated heterocycles. The number of ether oxygens (including phenoxy) is 1. The van der Waals surface area contributed by atoms with Gasteiger partial charge >= 0.3 is 0 Å². The van der Waals surface area contributed by atoms with E-state index >= 15 is 0 Å². The highest BCUT2D eigenvalue weighted by Gasteiger charge is 2.15. The van der Waals surface area contributed by atoms with Crippen LogP contribution in [0.5, 0.6) is 0 Å². The standard InChI is InChI=1S/C13H26N4O3S/c1-12(2)11-20-8-4-5-16-21(18,19)13-9-15-17(10-13)7-6-14-3/h9-10,12,14,16H,4-8,11H2,1-3H3. The van der Waals surface area contributed by atoms with Gasteiger partial charge in [-0.2, -0.15) is 5.10 Å². The van der Waals surface area contributed by atoms with E-state index in [0.29, 0.717) is 38.6 Å². The molecular weight excluding hydrogens is 292 g/mol. The van der Waals surface area contributed by atoms with Gasteiger partial charge in [0.15, 0.2) is 0 Å². The first-order valence-corrected chi connectivity index (χ1v) is 8.68. The molecule has 21 heavy (non-hydrogen) atoms. The number of nitrogens with one attached hydrogen (secondary N) is 2. The number of hydrogen-bond acceptors (Lipinski definition) is 5. The summed E-state index contributed by atoms with van der Waals surface area (Å²) in [6, 6.07) is 0. The average molecular weight is 318 g/mol. The highest BCUT2D eigenvalue weighted by molar-refractivity contribution is 7.89. The maximum Gasteiger partial charge on any atom is 0.243 e. The van der Waals surface area contributed by atoms with Crippen LogP contribution in [-0.4, -0.2) is 51.5 Å². The topological polar surface area (TPSA) is 85.2 Å². The summed E-state index contributed by atoms with van der Waals surface area (Å²) in [6.45, 7) is 7.15. The third kappa shape index (κ3) is 7.03. The van der Waals surface area contributed by atoms with Gasteiger partial charge in [-0.05, 0) is 19.4 Å². The van der Waals surface area contributed by atoms with Gasteiger partial charge in [0.1, 0.15) is 4.90 Å². The summed E-state index contributed by atoms with van der Waals surface area (Å²) in [5, 5.41) is 7.02. The summed E-state index contributed by atoms with van der Waals surface area (Å²) in [5.41, 5.74) is 0. The lowest BCUT2D eigenvalue weighted by Crippen LogP contribution is -2.25. The Kier molecular flexibility index (Phi) is 7.87. The van der Waals surface area contributed by atoms with Crippen molar-refractivity contribution in [3.8, 4) is 0 Å². The average Bonchev–Trinajstić information content (AvgIpc) is 2.89. The van der Waals surface area contributed by atoms with E-state index in [-0.39, 0.29) is 4.90 Å². The van der Waals surface area contributed by atoms with Gasteiger partial charge in [-0.3, -0.25) is 4.68 Å². The van der Waals surface area contributed by atoms with Crippen molar-refractivity contribution in [2.75, 3.05) is 33.4 Å². The molecule has 0 atom stereocenters. The predicted octanol–water partition coefficient (Wildman–Crippen LogP) is 0.444. The van der Waals surface area contributed by atoms with Crippen molar-refractivity contribution in [1.82, 2.24) is 19.8 Å². The van der Waals surface area contributed by atoms with Crippen molar-refractivity contribution in [2.45, 2.75) is 31.7 Å². The number of sulfonamides is 1. The Morgan fingerprint density at radius 1 is 1.38 bits per heavy atom. The minimum absolute atomic E-state index is 0.196. The summed E-state index contributed by atoms with van der Waals surface area (Å²) < 4.78 is 33.6. The second kappa shape index (κ2) is 9.14. The van der Waals surface area contributed by atoms with Crippen LogP contribution in [0.4, 0.5) is 0 Å². The maximum atomic E-state index is 12.0. The Morgan fingerprint density at radius 3 is 2.81 bits per heavy atom. The number of rotatable bonds is 11. The SMILES string of the molecule is CNCCn1cc(S(=O)(=O)NCCCOCC(C)C)cn1. The molecule has 0 aliphatic carbocycles. The van der Waals surface area contributed by atoms with Crippen LogP contribution in [0.1, 0.15) is 20.3 Å². The lowest BCUT2D eigenvalue weighted by Gasteiger charge is -2.07. The fourth-order valence-electron chi connectivity index (χ4n) is 1.62. The summed E-state index contributed by atoms with van der Waals surface area (Å²) in [6.07, 6.45) is 3.56. The van der Waals surface area contributed by atoms with Gasteiger partial charge < -0.3 is 10.1 Å². The van der Waals surface area contributed by atoms with E-state index in [1.807, 2.05) is 7.05 Å². The lowest BCUT2D eigenvalue weighted by molar-refractivity contribution is 0.108. The molecule has 0 spiro atoms. The van der Waals surface area contributed by atoms with Crippen LogP contribution in [-0.2, 0) is 21.3 Å². The quantitative estimate of drug-likeness (QED) is 0.579. The minimum Gasteiger partial charge on any atom is -0.381 e. The van der Waals surface area contributed by atoms with Crippen molar-refractivity contribution in [3.05, 3.63) is 12.4 Å². The van der Waals surface area contributed by atoms with Crippen molar-refractivity contribution in [2.24, 2.45) is 5.92 Å². The molecule has 0 aliphatic heterocycles. The largest absolute Gasteiger partial charge is 0.381 e. The van der Waals surface area contributed by atoms with E-state index in [9.17, 15) is 8.42 Å². The van der Waals surface area contributed by atoms with E-state index in [1.54, 1.807) is 4.68 Å². The van der Waals surface area contributed by atoms with Gasteiger partial charge in [0.2, 0.25) is 10.0 Å². The van der Waals surface area contributed by atoms with Gasteiger partial charge in [0, 0.05) is 32.5 Å². The lowest BCUT2D eigenvalue weighted by atomic mass is 10.2. The Bertz CT molecular complexity index is 499. The summed E-state index contributed by atoms with van der Waals surface area (Å²) in [4.78, 5) is 0.196. The molecule has 7 nitrogen and oxygen atoms in total. The molecule has 0 unspecified atom stereocenters. The Balaban J connectivity index is 2.34. The van der Waals surface area contributed by atoms with Crippen LogP contribution >= 0.6 is 0 Å². The van der Waals surface area contributed by atoms with Crippen molar-refractivity contribution in [3.63, 3.8) is 0 Å². The molecule has 1 aromatic heterocycles. The minimum atomic E-state index is -3.48. The molecule has 8 heteroatoms. The molecule has 0 saturated carbocycles. The fourth-order valence-corrected chi connectivity index (χ4v) is 2.64. The van der Waals surface area contributed by atoms with Gasteiger partial charge in [0.05, 0.1) is 12.7 Å². The Hall–Kier alpha value is -0.960. The van der Waals surface area contributed by atoms with Crippen molar-refractivity contribution in [1.29, 1.82) is 0 Å². The molecule has 0 bridgehead atoms. The molecule has 0 aliphatic rings. The highest BCUT2D eigenvalue weighted by atomic mass is 32.2. The number of aromatic nitrogens is 2. The Labute approximate surface area is 127 Å². The smallest absolute Gasteiger partial charge is 0.243 e. The molecule has 0 radical (unpaired) electrons. The van der Waals surface area contributed by atoms with Crippen LogP contribution in [0, 0.1) is 5.92 Å². The summed E-state index contributed by atoms with van der Waals surface area (Å²) >= 11 is 0. The third-order valence-electron chi connectivity index (χ3n) is 2.72. The van der Waals surface area contributed by atoms with Crippen LogP contribution in [0.2, 0.25) is 0 Å². The van der Waals surface area contributed by atoms with E-state index in [2.05, 4.69) is 29.0 Å². The predicted molar refractivity (Wildman–Crippen MR) is 81.6 cm³/mol. The molecule has 1 aromatic rings. The molecule has 0 amide bonds. The van der Waals surface area contributed by atoms with Gasteiger partial charge in [-0.1, -0.05) is 13.8 Å². The van der Waals surface area contributed by atoms with E-state index in [0.717, 1.165) is 6.54 Å².